The minimum absolute atomic E-state index is 0.0342. The van der Waals surface area contributed by atoms with Gasteiger partial charge in [0, 0.05) is 39.4 Å². The number of thioether (sulfide) groups is 1. The van der Waals surface area contributed by atoms with Crippen molar-refractivity contribution < 1.29 is 28.8 Å². The molecule has 43 heavy (non-hydrogen) atoms. The van der Waals surface area contributed by atoms with Crippen molar-refractivity contribution in [2.75, 3.05) is 25.3 Å². The molecule has 0 saturated heterocycles. The van der Waals surface area contributed by atoms with Crippen LogP contribution < -0.4 is 20.1 Å². The smallest absolute Gasteiger partial charge is 0.272 e. The van der Waals surface area contributed by atoms with Gasteiger partial charge in [-0.05, 0) is 54.6 Å². The Morgan fingerprint density at radius 3 is 2.33 bits per heavy atom. The van der Waals surface area contributed by atoms with Crippen LogP contribution in [0.3, 0.4) is 0 Å². The number of amides is 2. The van der Waals surface area contributed by atoms with E-state index < -0.39 is 16.7 Å². The fraction of sp³-hybridized carbons (Fsp3) is 0.0938. The Kier molecular flexibility index (Phi) is 10.3. The van der Waals surface area contributed by atoms with Crippen LogP contribution in [0.15, 0.2) is 108 Å². The zero-order valence-electron chi connectivity index (χ0n) is 23.2. The van der Waals surface area contributed by atoms with Crippen LogP contribution in [0.5, 0.6) is 11.5 Å². The first-order chi connectivity index (χ1) is 20.8. The normalized spacial score (nSPS) is 10.9. The number of carbonyl (C=O) groups excluding carboxylic acids is 3. The lowest BCUT2D eigenvalue weighted by atomic mass is 10.1. The Morgan fingerprint density at radius 2 is 1.60 bits per heavy atom. The molecule has 218 valence electrons. The van der Waals surface area contributed by atoms with E-state index in [0.717, 1.165) is 0 Å². The standard InChI is InChI=1S/C32H27N3O7S/c1-41-26-14-15-30(42-2)23(17-26)18-28(34-31(37)21-8-4-3-5-9-21)32(38)33-24-11-7-13-27(19-24)43-20-29(36)22-10-6-12-25(16-22)35(39)40/h3-19H,20H2,1-2H3,(H,33,38)(H,34,37)/b28-18-. The number of ketones is 1. The van der Waals surface area contributed by atoms with Crippen molar-refractivity contribution in [1.29, 1.82) is 0 Å². The number of methoxy groups -OCH3 is 2. The summed E-state index contributed by atoms with van der Waals surface area (Å²) >= 11 is 1.22. The highest BCUT2D eigenvalue weighted by Gasteiger charge is 2.17. The summed E-state index contributed by atoms with van der Waals surface area (Å²) in [6, 6.07) is 26.0. The maximum atomic E-state index is 13.5. The SMILES string of the molecule is COc1ccc(OC)c(/C=C(\NC(=O)c2ccccc2)C(=O)Nc2cccc(SCC(=O)c3cccc([N+](=O)[O-])c3)c2)c1. The molecule has 11 heteroatoms. The average molecular weight is 598 g/mol. The number of carbonyl (C=O) groups is 3. The van der Waals surface area contributed by atoms with Gasteiger partial charge >= 0.3 is 0 Å². The Bertz CT molecular complexity index is 1690. The summed E-state index contributed by atoms with van der Waals surface area (Å²) in [5.74, 6) is -0.314. The van der Waals surface area contributed by atoms with Gasteiger partial charge in [-0.25, -0.2) is 0 Å². The highest BCUT2D eigenvalue weighted by Crippen LogP contribution is 2.27. The van der Waals surface area contributed by atoms with Gasteiger partial charge in [-0.3, -0.25) is 24.5 Å². The number of non-ortho nitro benzene ring substituents is 1. The summed E-state index contributed by atoms with van der Waals surface area (Å²) in [5.41, 5.74) is 1.34. The molecule has 4 aromatic rings. The molecule has 0 spiro atoms. The Hall–Kier alpha value is -5.42. The van der Waals surface area contributed by atoms with E-state index in [1.165, 1.54) is 56.3 Å². The molecule has 0 saturated carbocycles. The molecule has 10 nitrogen and oxygen atoms in total. The number of anilines is 1. The molecule has 0 atom stereocenters. The largest absolute Gasteiger partial charge is 0.497 e. The second-order valence-electron chi connectivity index (χ2n) is 8.99. The van der Waals surface area contributed by atoms with Gasteiger partial charge < -0.3 is 20.1 Å². The maximum absolute atomic E-state index is 13.5. The number of benzene rings is 4. The van der Waals surface area contributed by atoms with E-state index in [2.05, 4.69) is 10.6 Å². The topological polar surface area (TPSA) is 137 Å². The van der Waals surface area contributed by atoms with Crippen LogP contribution in [-0.2, 0) is 4.79 Å². The van der Waals surface area contributed by atoms with Gasteiger partial charge in [-0.1, -0.05) is 36.4 Å². The van der Waals surface area contributed by atoms with E-state index in [4.69, 9.17) is 9.47 Å². The second kappa shape index (κ2) is 14.5. The third-order valence-corrected chi connectivity index (χ3v) is 7.10. The van der Waals surface area contributed by atoms with Crippen LogP contribution in [0.1, 0.15) is 26.3 Å². The molecule has 0 bridgehead atoms. The van der Waals surface area contributed by atoms with Crippen molar-refractivity contribution in [3.63, 3.8) is 0 Å². The summed E-state index contributed by atoms with van der Waals surface area (Å²) in [6.07, 6.45) is 1.49. The molecule has 0 aliphatic heterocycles. The number of nitrogens with zero attached hydrogens (tertiary/aromatic N) is 1. The number of nitro groups is 1. The van der Waals surface area contributed by atoms with Crippen LogP contribution >= 0.6 is 11.8 Å². The molecule has 0 heterocycles. The molecule has 2 amide bonds. The van der Waals surface area contributed by atoms with Crippen molar-refractivity contribution in [2.45, 2.75) is 4.90 Å². The summed E-state index contributed by atoms with van der Waals surface area (Å²) in [7, 11) is 3.01. The second-order valence-corrected chi connectivity index (χ2v) is 10.0. The number of hydrogen-bond acceptors (Lipinski definition) is 8. The Balaban J connectivity index is 1.54. The molecular weight excluding hydrogens is 570 g/mol. The zero-order chi connectivity index (χ0) is 30.8. The van der Waals surface area contributed by atoms with Crippen molar-refractivity contribution in [3.05, 3.63) is 130 Å². The highest BCUT2D eigenvalue weighted by atomic mass is 32.2. The van der Waals surface area contributed by atoms with Crippen molar-refractivity contribution in [2.24, 2.45) is 0 Å². The van der Waals surface area contributed by atoms with Crippen LogP contribution in [0.25, 0.3) is 6.08 Å². The maximum Gasteiger partial charge on any atom is 0.272 e. The number of rotatable bonds is 12. The monoisotopic (exact) mass is 597 g/mol. The van der Waals surface area contributed by atoms with Crippen LogP contribution in [0, 0.1) is 10.1 Å². The number of nitrogens with one attached hydrogen (secondary N) is 2. The number of hydrogen-bond donors (Lipinski definition) is 2. The average Bonchev–Trinajstić information content (AvgIpc) is 3.03. The fourth-order valence-corrected chi connectivity index (χ4v) is 4.79. The Morgan fingerprint density at radius 1 is 0.860 bits per heavy atom. The molecule has 0 fully saturated rings. The molecule has 0 radical (unpaired) electrons. The van der Waals surface area contributed by atoms with E-state index in [0.29, 0.717) is 33.2 Å². The van der Waals surface area contributed by atoms with Crippen LogP contribution in [0.4, 0.5) is 11.4 Å². The van der Waals surface area contributed by atoms with Gasteiger partial charge in [0.15, 0.2) is 5.78 Å². The summed E-state index contributed by atoms with van der Waals surface area (Å²) < 4.78 is 10.7. The molecule has 0 unspecified atom stereocenters. The molecule has 4 aromatic carbocycles. The van der Waals surface area contributed by atoms with Gasteiger partial charge in [0.2, 0.25) is 0 Å². The lowest BCUT2D eigenvalue weighted by Crippen LogP contribution is -2.30. The van der Waals surface area contributed by atoms with Crippen LogP contribution in [0.2, 0.25) is 0 Å². The molecule has 0 aromatic heterocycles. The summed E-state index contributed by atoms with van der Waals surface area (Å²) in [6.45, 7) is 0. The van der Waals surface area contributed by atoms with Crippen molar-refractivity contribution in [3.8, 4) is 11.5 Å². The minimum Gasteiger partial charge on any atom is -0.497 e. The Labute approximate surface area is 251 Å². The van der Waals surface area contributed by atoms with Gasteiger partial charge in [0.25, 0.3) is 17.5 Å². The molecule has 0 aliphatic carbocycles. The predicted octanol–water partition coefficient (Wildman–Crippen LogP) is 6.00. The first-order valence-electron chi connectivity index (χ1n) is 12.9. The van der Waals surface area contributed by atoms with E-state index in [1.54, 1.807) is 72.8 Å². The number of Topliss-reactive ketones (excluding diaryl/α,β-unsaturated/α-hetero) is 1. The van der Waals surface area contributed by atoms with Crippen LogP contribution in [-0.4, -0.2) is 42.5 Å². The third kappa shape index (κ3) is 8.30. The number of ether oxygens (including phenoxy) is 2. The zero-order valence-corrected chi connectivity index (χ0v) is 24.1. The highest BCUT2D eigenvalue weighted by molar-refractivity contribution is 8.00. The van der Waals surface area contributed by atoms with Gasteiger partial charge in [-0.2, -0.15) is 0 Å². The van der Waals surface area contributed by atoms with E-state index >= 15 is 0 Å². The van der Waals surface area contributed by atoms with Gasteiger partial charge in [0.05, 0.1) is 24.9 Å². The predicted molar refractivity (Wildman–Crippen MR) is 165 cm³/mol. The lowest BCUT2D eigenvalue weighted by Gasteiger charge is -2.13. The molecule has 4 rings (SSSR count). The summed E-state index contributed by atoms with van der Waals surface area (Å²) in [4.78, 5) is 50.3. The minimum atomic E-state index is -0.594. The quantitative estimate of drug-likeness (QED) is 0.0667. The summed E-state index contributed by atoms with van der Waals surface area (Å²) in [5, 5.41) is 16.5. The van der Waals surface area contributed by atoms with E-state index in [1.807, 2.05) is 0 Å². The first kappa shape index (κ1) is 30.5. The van der Waals surface area contributed by atoms with Gasteiger partial charge in [0.1, 0.15) is 17.2 Å². The molecule has 2 N–H and O–H groups in total. The fourth-order valence-electron chi connectivity index (χ4n) is 3.94. The number of nitro benzene ring substituents is 1. The van der Waals surface area contributed by atoms with Crippen molar-refractivity contribution in [1.82, 2.24) is 5.32 Å². The molecule has 0 aliphatic rings. The van der Waals surface area contributed by atoms with E-state index in [-0.39, 0.29) is 28.5 Å². The van der Waals surface area contributed by atoms with Gasteiger partial charge in [-0.15, -0.1) is 11.8 Å². The first-order valence-corrected chi connectivity index (χ1v) is 13.9. The van der Waals surface area contributed by atoms with E-state index in [9.17, 15) is 24.5 Å². The lowest BCUT2D eigenvalue weighted by molar-refractivity contribution is -0.384. The molecular formula is C32H27N3O7S. The van der Waals surface area contributed by atoms with Crippen molar-refractivity contribution >= 4 is 46.8 Å². The third-order valence-electron chi connectivity index (χ3n) is 6.11.